The van der Waals surface area contributed by atoms with Gasteiger partial charge in [0.2, 0.25) is 5.91 Å². The molecule has 0 radical (unpaired) electrons. The summed E-state index contributed by atoms with van der Waals surface area (Å²) in [6, 6.07) is 0.297. The number of aliphatic imine (C=N–C) groups is 1. The number of amides is 1. The van der Waals surface area contributed by atoms with Crippen LogP contribution in [0.4, 0.5) is 9.52 Å². The molecule has 1 aromatic rings. The van der Waals surface area contributed by atoms with Crippen molar-refractivity contribution in [1.82, 2.24) is 20.5 Å². The van der Waals surface area contributed by atoms with Crippen molar-refractivity contribution in [3.05, 3.63) is 23.1 Å². The summed E-state index contributed by atoms with van der Waals surface area (Å²) in [6.07, 6.45) is 5.16. The molecule has 0 aromatic carbocycles. The van der Waals surface area contributed by atoms with Gasteiger partial charge in [-0.2, -0.15) is 0 Å². The molecule has 0 spiro atoms. The Kier molecular flexibility index (Phi) is 5.54. The number of carbonyl (C=O) groups is 1. The topological polar surface area (TPSA) is 81.7 Å². The number of carbonyl (C=O) groups excluding carboxylic acids is 1. The second-order valence-corrected chi connectivity index (χ2v) is 7.04. The maximum absolute atomic E-state index is 12.9. The average Bonchev–Trinajstić information content (AvgIpc) is 2.96. The molecule has 1 unspecified atom stereocenters. The van der Waals surface area contributed by atoms with Gasteiger partial charge in [-0.15, -0.1) is 11.3 Å². The molecule has 1 fully saturated rings. The molecular formula is C15H21FN6OS. The summed E-state index contributed by atoms with van der Waals surface area (Å²) in [6.45, 7) is 5.05. The van der Waals surface area contributed by atoms with Gasteiger partial charge >= 0.3 is 0 Å². The van der Waals surface area contributed by atoms with Gasteiger partial charge in [0, 0.05) is 62.8 Å². The fourth-order valence-corrected chi connectivity index (χ4v) is 3.72. The normalized spacial score (nSPS) is 24.3. The number of rotatable bonds is 5. The highest BCUT2D eigenvalue weighted by molar-refractivity contribution is 7.15. The Morgan fingerprint density at radius 3 is 3.21 bits per heavy atom. The molecule has 9 heteroatoms. The number of nitrogens with zero attached hydrogens (tertiary/aromatic N) is 3. The van der Waals surface area contributed by atoms with E-state index >= 15 is 0 Å². The Hall–Kier alpha value is -1.84. The Balaban J connectivity index is 1.49. The zero-order valence-electron chi connectivity index (χ0n) is 13.5. The van der Waals surface area contributed by atoms with E-state index in [1.165, 1.54) is 30.7 Å². The first kappa shape index (κ1) is 17.0. The minimum atomic E-state index is -0.343. The second kappa shape index (κ2) is 7.82. The summed E-state index contributed by atoms with van der Waals surface area (Å²) >= 11 is 1.50. The number of hydrogen-bond acceptors (Lipinski definition) is 7. The van der Waals surface area contributed by atoms with Crippen molar-refractivity contribution in [2.45, 2.75) is 32.1 Å². The number of nitrogens with one attached hydrogen (secondary N) is 3. The third-order valence-corrected chi connectivity index (χ3v) is 4.75. The number of anilines is 1. The van der Waals surface area contributed by atoms with Crippen molar-refractivity contribution in [2.75, 3.05) is 25.0 Å². The van der Waals surface area contributed by atoms with E-state index in [4.69, 9.17) is 0 Å². The predicted molar refractivity (Wildman–Crippen MR) is 92.7 cm³/mol. The van der Waals surface area contributed by atoms with Crippen LogP contribution < -0.4 is 16.0 Å². The van der Waals surface area contributed by atoms with Gasteiger partial charge in [0.25, 0.3) is 0 Å². The highest BCUT2D eigenvalue weighted by atomic mass is 32.1. The highest BCUT2D eigenvalue weighted by Crippen LogP contribution is 2.20. The third kappa shape index (κ3) is 4.83. The summed E-state index contributed by atoms with van der Waals surface area (Å²) in [5.74, 6) is -0.450. The minimum absolute atomic E-state index is 0.0864. The molecule has 7 nitrogen and oxygen atoms in total. The van der Waals surface area contributed by atoms with E-state index in [9.17, 15) is 9.18 Å². The van der Waals surface area contributed by atoms with Gasteiger partial charge in [-0.1, -0.05) is 0 Å². The zero-order valence-corrected chi connectivity index (χ0v) is 14.3. The molecule has 0 aliphatic carbocycles. The van der Waals surface area contributed by atoms with Crippen molar-refractivity contribution in [2.24, 2.45) is 4.99 Å². The molecular weight excluding hydrogens is 331 g/mol. The van der Waals surface area contributed by atoms with Gasteiger partial charge in [-0.3, -0.25) is 14.7 Å². The number of hydrogen-bond donors (Lipinski definition) is 3. The zero-order chi connectivity index (χ0) is 16.9. The Bertz CT molecular complexity index is 646. The molecule has 1 aromatic heterocycles. The van der Waals surface area contributed by atoms with E-state index in [2.05, 4.69) is 30.8 Å². The van der Waals surface area contributed by atoms with E-state index < -0.39 is 0 Å². The first-order valence-corrected chi connectivity index (χ1v) is 8.73. The Morgan fingerprint density at radius 1 is 1.58 bits per heavy atom. The molecule has 24 heavy (non-hydrogen) atoms. The van der Waals surface area contributed by atoms with Crippen molar-refractivity contribution in [3.8, 4) is 0 Å². The van der Waals surface area contributed by atoms with Crippen LogP contribution >= 0.6 is 11.3 Å². The van der Waals surface area contributed by atoms with Gasteiger partial charge in [0.15, 0.2) is 11.0 Å². The lowest BCUT2D eigenvalue weighted by molar-refractivity contribution is -0.114. The highest BCUT2D eigenvalue weighted by Gasteiger charge is 2.23. The molecule has 2 atom stereocenters. The molecule has 0 saturated carbocycles. The number of thiazole rings is 1. The fourth-order valence-electron chi connectivity index (χ4n) is 2.82. The predicted octanol–water partition coefficient (Wildman–Crippen LogP) is 1.08. The van der Waals surface area contributed by atoms with Crippen LogP contribution in [-0.2, 0) is 11.3 Å². The maximum Gasteiger partial charge on any atom is 0.223 e. The first-order valence-electron chi connectivity index (χ1n) is 7.91. The molecule has 130 valence electrons. The number of piperazine rings is 1. The van der Waals surface area contributed by atoms with Gasteiger partial charge in [-0.05, 0) is 0 Å². The van der Waals surface area contributed by atoms with Crippen LogP contribution in [0.25, 0.3) is 0 Å². The summed E-state index contributed by atoms with van der Waals surface area (Å²) < 4.78 is 12.9. The lowest BCUT2D eigenvalue weighted by Crippen LogP contribution is -2.52. The molecule has 3 rings (SSSR count). The van der Waals surface area contributed by atoms with E-state index in [1.807, 2.05) is 6.20 Å². The molecule has 3 heterocycles. The second-order valence-electron chi connectivity index (χ2n) is 5.92. The van der Waals surface area contributed by atoms with E-state index in [0.717, 1.165) is 37.5 Å². The number of halogens is 1. The number of aromatic nitrogens is 1. The molecule has 1 amide bonds. The van der Waals surface area contributed by atoms with Crippen molar-refractivity contribution in [1.29, 1.82) is 0 Å². The van der Waals surface area contributed by atoms with Gasteiger partial charge in [-0.25, -0.2) is 9.37 Å². The fraction of sp³-hybridized carbons (Fsp3) is 0.533. The Labute approximate surface area is 144 Å². The molecule has 1 saturated heterocycles. The van der Waals surface area contributed by atoms with Crippen LogP contribution in [-0.4, -0.2) is 53.8 Å². The van der Waals surface area contributed by atoms with Crippen molar-refractivity contribution in [3.63, 3.8) is 0 Å². The SMILES string of the molecule is CC(=O)Nc1ncc(CN2CCN[C@@H](CC3N=CC(F)=CN3)C2)s1. The summed E-state index contributed by atoms with van der Waals surface area (Å²) in [5.41, 5.74) is 0. The lowest BCUT2D eigenvalue weighted by Gasteiger charge is -2.34. The maximum atomic E-state index is 12.9. The minimum Gasteiger partial charge on any atom is -0.367 e. The van der Waals surface area contributed by atoms with E-state index in [0.29, 0.717) is 11.2 Å². The Morgan fingerprint density at radius 2 is 2.46 bits per heavy atom. The van der Waals surface area contributed by atoms with Gasteiger partial charge in [0.05, 0.1) is 6.21 Å². The molecule has 2 aliphatic rings. The van der Waals surface area contributed by atoms with E-state index in [-0.39, 0.29) is 17.9 Å². The largest absolute Gasteiger partial charge is 0.367 e. The van der Waals surface area contributed by atoms with Crippen LogP contribution in [0.15, 0.2) is 23.2 Å². The summed E-state index contributed by atoms with van der Waals surface area (Å²) in [4.78, 5) is 22.9. The van der Waals surface area contributed by atoms with Crippen LogP contribution in [0.2, 0.25) is 0 Å². The average molecular weight is 352 g/mol. The quantitative estimate of drug-likeness (QED) is 0.739. The van der Waals surface area contributed by atoms with Gasteiger partial charge in [0.1, 0.15) is 6.17 Å². The summed E-state index contributed by atoms with van der Waals surface area (Å²) in [7, 11) is 0. The van der Waals surface area contributed by atoms with Crippen LogP contribution in [0.5, 0.6) is 0 Å². The van der Waals surface area contributed by atoms with Crippen LogP contribution in [0.3, 0.4) is 0 Å². The van der Waals surface area contributed by atoms with Gasteiger partial charge < -0.3 is 16.0 Å². The standard InChI is InChI=1S/C15H21FN6OS/c1-10(23)21-15-20-7-13(24-15)9-22-3-2-17-12(8-22)4-14-18-5-11(16)6-19-14/h5-7,12,14,17-18H,2-4,8-9H2,1H3,(H,20,21,23)/t12-,14?/m0/s1. The third-order valence-electron chi connectivity index (χ3n) is 3.85. The van der Waals surface area contributed by atoms with Crippen molar-refractivity contribution < 1.29 is 9.18 Å². The first-order chi connectivity index (χ1) is 11.6. The van der Waals surface area contributed by atoms with Crippen LogP contribution in [0, 0.1) is 0 Å². The smallest absolute Gasteiger partial charge is 0.223 e. The van der Waals surface area contributed by atoms with E-state index in [1.54, 1.807) is 0 Å². The lowest BCUT2D eigenvalue weighted by atomic mass is 10.1. The van der Waals surface area contributed by atoms with Crippen molar-refractivity contribution >= 4 is 28.6 Å². The molecule has 0 bridgehead atoms. The molecule has 3 N–H and O–H groups in total. The van der Waals surface area contributed by atoms with Crippen LogP contribution in [0.1, 0.15) is 18.2 Å². The number of allylic oxidation sites excluding steroid dienone is 1. The molecule has 2 aliphatic heterocycles. The monoisotopic (exact) mass is 352 g/mol. The summed E-state index contributed by atoms with van der Waals surface area (Å²) in [5, 5.41) is 9.79.